The quantitative estimate of drug-likeness (QED) is 0.348. The summed E-state index contributed by atoms with van der Waals surface area (Å²) in [6.07, 6.45) is -0.256. The molecule has 1 atom stereocenters. The third-order valence-electron chi connectivity index (χ3n) is 4.36. The summed E-state index contributed by atoms with van der Waals surface area (Å²) in [4.78, 5) is 17.0. The number of hydrogen-bond acceptors (Lipinski definition) is 6. The number of carbonyl (C=O) groups excluding carboxylic acids is 1. The molecule has 1 aromatic carbocycles. The van der Waals surface area contributed by atoms with Crippen molar-refractivity contribution in [2.75, 3.05) is 0 Å². The molecule has 33 heavy (non-hydrogen) atoms. The van der Waals surface area contributed by atoms with Gasteiger partial charge < -0.3 is 19.9 Å². The molecule has 1 aromatic heterocycles. The molecule has 176 valence electrons. The van der Waals surface area contributed by atoms with Crippen LogP contribution >= 0.6 is 0 Å². The van der Waals surface area contributed by atoms with Crippen molar-refractivity contribution in [3.05, 3.63) is 58.9 Å². The van der Waals surface area contributed by atoms with Crippen molar-refractivity contribution >= 4 is 18.6 Å². The summed E-state index contributed by atoms with van der Waals surface area (Å²) in [6.45, 7) is 8.11. The molecule has 2 aromatic rings. The van der Waals surface area contributed by atoms with Gasteiger partial charge in [-0.25, -0.2) is 13.8 Å². The topological polar surface area (TPSA) is 99.9 Å². The van der Waals surface area contributed by atoms with E-state index in [1.807, 2.05) is 0 Å². The molecule has 6 nitrogen and oxygen atoms in total. The van der Waals surface area contributed by atoms with Crippen molar-refractivity contribution in [1.82, 2.24) is 4.98 Å². The SMILES string of the molecule is CC(C)(O)C#Cc1ccc(B(O)O)c([C@@H](CC(=O)OC(C)(C)C)Cc2cc(F)cc(F)c2)n1. The number of pyridine rings is 1. The van der Waals surface area contributed by atoms with E-state index in [1.54, 1.807) is 20.8 Å². The number of rotatable bonds is 6. The van der Waals surface area contributed by atoms with Gasteiger partial charge in [0, 0.05) is 23.1 Å². The highest BCUT2D eigenvalue weighted by molar-refractivity contribution is 6.59. The third kappa shape index (κ3) is 8.93. The van der Waals surface area contributed by atoms with Crippen molar-refractivity contribution in [2.45, 2.75) is 64.6 Å². The highest BCUT2D eigenvalue weighted by atomic mass is 19.1. The number of esters is 1. The maximum absolute atomic E-state index is 13.8. The van der Waals surface area contributed by atoms with E-state index in [0.717, 1.165) is 18.2 Å². The van der Waals surface area contributed by atoms with Crippen LogP contribution in [0.4, 0.5) is 8.78 Å². The summed E-state index contributed by atoms with van der Waals surface area (Å²) in [5.41, 5.74) is -1.42. The second kappa shape index (κ2) is 10.4. The second-order valence-electron chi connectivity index (χ2n) is 9.32. The van der Waals surface area contributed by atoms with Gasteiger partial charge >= 0.3 is 13.1 Å². The van der Waals surface area contributed by atoms with Crippen LogP contribution in [0.25, 0.3) is 0 Å². The van der Waals surface area contributed by atoms with Crippen LogP contribution in [0.2, 0.25) is 0 Å². The van der Waals surface area contributed by atoms with Crippen LogP contribution in [0.3, 0.4) is 0 Å². The average Bonchev–Trinajstić information content (AvgIpc) is 2.62. The zero-order valence-electron chi connectivity index (χ0n) is 19.3. The molecule has 0 fully saturated rings. The highest BCUT2D eigenvalue weighted by Crippen LogP contribution is 2.25. The van der Waals surface area contributed by atoms with E-state index in [9.17, 15) is 28.7 Å². The number of aliphatic hydroxyl groups is 1. The van der Waals surface area contributed by atoms with Gasteiger partial charge in [-0.2, -0.15) is 0 Å². The standard InChI is InChI=1S/C24H28BF2NO5/c1-23(2,3)33-21(29)13-16(10-15-11-17(26)14-18(27)12-15)22-20(25(31)32)7-6-19(28-22)8-9-24(4,5)30/h6-7,11-12,14,16,30-32H,10,13H2,1-5H3/t16-/m1/s1. The van der Waals surface area contributed by atoms with Gasteiger partial charge in [0.2, 0.25) is 0 Å². The van der Waals surface area contributed by atoms with Gasteiger partial charge in [-0.1, -0.05) is 12.0 Å². The first kappa shape index (κ1) is 26.5. The fourth-order valence-corrected chi connectivity index (χ4v) is 3.18. The first-order valence-corrected chi connectivity index (χ1v) is 10.4. The van der Waals surface area contributed by atoms with Crippen molar-refractivity contribution < 1.29 is 33.5 Å². The number of carbonyl (C=O) groups is 1. The number of halogens is 2. The Labute approximate surface area is 192 Å². The van der Waals surface area contributed by atoms with Crippen LogP contribution in [0.1, 0.15) is 63.9 Å². The van der Waals surface area contributed by atoms with Crippen LogP contribution in [-0.2, 0) is 16.0 Å². The number of ether oxygens (including phenoxy) is 1. The zero-order chi connectivity index (χ0) is 25.0. The molecular weight excluding hydrogens is 431 g/mol. The van der Waals surface area contributed by atoms with E-state index in [1.165, 1.54) is 26.0 Å². The molecule has 0 radical (unpaired) electrons. The fourth-order valence-electron chi connectivity index (χ4n) is 3.18. The van der Waals surface area contributed by atoms with Crippen LogP contribution in [0.15, 0.2) is 30.3 Å². The normalized spacial score (nSPS) is 12.5. The van der Waals surface area contributed by atoms with E-state index in [-0.39, 0.29) is 35.3 Å². The largest absolute Gasteiger partial charge is 0.490 e. The maximum atomic E-state index is 13.8. The molecule has 0 saturated carbocycles. The molecule has 9 heteroatoms. The van der Waals surface area contributed by atoms with E-state index in [4.69, 9.17) is 4.74 Å². The minimum Gasteiger partial charge on any atom is -0.460 e. The van der Waals surface area contributed by atoms with Gasteiger partial charge in [-0.05, 0) is 70.7 Å². The van der Waals surface area contributed by atoms with Crippen molar-refractivity contribution in [2.24, 2.45) is 0 Å². The fraction of sp³-hybridized carbons (Fsp3) is 0.417. The van der Waals surface area contributed by atoms with Crippen LogP contribution in [-0.4, -0.2) is 44.4 Å². The van der Waals surface area contributed by atoms with E-state index in [0.29, 0.717) is 0 Å². The first-order valence-electron chi connectivity index (χ1n) is 10.4. The molecule has 1 heterocycles. The second-order valence-corrected chi connectivity index (χ2v) is 9.32. The van der Waals surface area contributed by atoms with Gasteiger partial charge in [-0.3, -0.25) is 4.79 Å². The Balaban J connectivity index is 2.56. The molecule has 0 aliphatic carbocycles. The summed E-state index contributed by atoms with van der Waals surface area (Å²) in [5.74, 6) is 2.38. The Bertz CT molecular complexity index is 1040. The predicted octanol–water partition coefficient (Wildman–Crippen LogP) is 2.22. The number of benzene rings is 1. The molecule has 0 unspecified atom stereocenters. The minimum atomic E-state index is -1.91. The van der Waals surface area contributed by atoms with Crippen LogP contribution in [0, 0.1) is 23.5 Å². The molecule has 0 amide bonds. The zero-order valence-corrected chi connectivity index (χ0v) is 19.3. The summed E-state index contributed by atoms with van der Waals surface area (Å²) < 4.78 is 33.0. The number of aromatic nitrogens is 1. The Hall–Kier alpha value is -2.80. The highest BCUT2D eigenvalue weighted by Gasteiger charge is 2.28. The van der Waals surface area contributed by atoms with Crippen molar-refractivity contribution in [3.8, 4) is 11.8 Å². The molecule has 3 N–H and O–H groups in total. The lowest BCUT2D eigenvalue weighted by Gasteiger charge is -2.23. The van der Waals surface area contributed by atoms with Gasteiger partial charge in [-0.15, -0.1) is 0 Å². The smallest absolute Gasteiger partial charge is 0.460 e. The lowest BCUT2D eigenvalue weighted by molar-refractivity contribution is -0.155. The Kier molecular flexibility index (Phi) is 8.36. The lowest BCUT2D eigenvalue weighted by Crippen LogP contribution is -2.36. The molecule has 0 aliphatic rings. The first-order chi connectivity index (χ1) is 15.1. The number of nitrogens with zero attached hydrogens (tertiary/aromatic N) is 1. The van der Waals surface area contributed by atoms with E-state index in [2.05, 4.69) is 16.8 Å². The summed E-state index contributed by atoms with van der Waals surface area (Å²) in [7, 11) is -1.91. The van der Waals surface area contributed by atoms with Gasteiger partial charge in [0.05, 0.1) is 6.42 Å². The van der Waals surface area contributed by atoms with Gasteiger partial charge in [0.1, 0.15) is 28.5 Å². The Morgan fingerprint density at radius 2 is 1.73 bits per heavy atom. The molecule has 0 spiro atoms. The Morgan fingerprint density at radius 1 is 1.12 bits per heavy atom. The van der Waals surface area contributed by atoms with Crippen LogP contribution < -0.4 is 5.46 Å². The molecular formula is C24H28BF2NO5. The van der Waals surface area contributed by atoms with E-state index >= 15 is 0 Å². The lowest BCUT2D eigenvalue weighted by atomic mass is 9.74. The number of hydrogen-bond donors (Lipinski definition) is 3. The van der Waals surface area contributed by atoms with Crippen molar-refractivity contribution in [1.29, 1.82) is 0 Å². The maximum Gasteiger partial charge on any atom is 0.490 e. The average molecular weight is 459 g/mol. The van der Waals surface area contributed by atoms with Crippen LogP contribution in [0.5, 0.6) is 0 Å². The molecule has 0 bridgehead atoms. The minimum absolute atomic E-state index is 0.0224. The van der Waals surface area contributed by atoms with Gasteiger partial charge in [0.25, 0.3) is 0 Å². The predicted molar refractivity (Wildman–Crippen MR) is 121 cm³/mol. The molecule has 2 rings (SSSR count). The molecule has 0 saturated heterocycles. The van der Waals surface area contributed by atoms with Crippen molar-refractivity contribution in [3.63, 3.8) is 0 Å². The monoisotopic (exact) mass is 459 g/mol. The van der Waals surface area contributed by atoms with E-state index < -0.39 is 41.8 Å². The molecule has 0 aliphatic heterocycles. The summed E-state index contributed by atoms with van der Waals surface area (Å²) in [5, 5.41) is 29.6. The Morgan fingerprint density at radius 3 is 2.24 bits per heavy atom. The third-order valence-corrected chi connectivity index (χ3v) is 4.36. The summed E-state index contributed by atoms with van der Waals surface area (Å²) >= 11 is 0. The summed E-state index contributed by atoms with van der Waals surface area (Å²) in [6, 6.07) is 5.86. The van der Waals surface area contributed by atoms with Gasteiger partial charge in [0.15, 0.2) is 0 Å².